The summed E-state index contributed by atoms with van der Waals surface area (Å²) in [5.74, 6) is 0. The first-order valence-electron chi connectivity index (χ1n) is 4.23. The summed E-state index contributed by atoms with van der Waals surface area (Å²) < 4.78 is 0. The first kappa shape index (κ1) is 8.85. The SMILES string of the molecule is C=CC(=C)NCC1=CCCC=C1. The maximum absolute atomic E-state index is 3.78. The summed E-state index contributed by atoms with van der Waals surface area (Å²) in [6.07, 6.45) is 10.7. The summed E-state index contributed by atoms with van der Waals surface area (Å²) >= 11 is 0. The smallest absolute Gasteiger partial charge is 0.0397 e. The Morgan fingerprint density at radius 1 is 1.58 bits per heavy atom. The lowest BCUT2D eigenvalue weighted by Gasteiger charge is -2.08. The van der Waals surface area contributed by atoms with Gasteiger partial charge in [0.25, 0.3) is 0 Å². The number of hydrogen-bond donors (Lipinski definition) is 1. The molecule has 64 valence electrons. The fourth-order valence-electron chi connectivity index (χ4n) is 1.09. The zero-order chi connectivity index (χ0) is 8.81. The molecule has 0 amide bonds. The molecule has 12 heavy (non-hydrogen) atoms. The van der Waals surface area contributed by atoms with Crippen molar-refractivity contribution in [2.24, 2.45) is 0 Å². The molecule has 0 spiro atoms. The van der Waals surface area contributed by atoms with Crippen LogP contribution in [0.4, 0.5) is 0 Å². The molecule has 0 radical (unpaired) electrons. The largest absolute Gasteiger partial charge is 0.381 e. The zero-order valence-electron chi connectivity index (χ0n) is 7.34. The zero-order valence-corrected chi connectivity index (χ0v) is 7.34. The fourth-order valence-corrected chi connectivity index (χ4v) is 1.09. The van der Waals surface area contributed by atoms with E-state index in [1.807, 2.05) is 0 Å². The minimum Gasteiger partial charge on any atom is -0.381 e. The molecule has 0 heterocycles. The van der Waals surface area contributed by atoms with Gasteiger partial charge in [0.2, 0.25) is 0 Å². The van der Waals surface area contributed by atoms with Crippen molar-refractivity contribution in [1.29, 1.82) is 0 Å². The van der Waals surface area contributed by atoms with Crippen LogP contribution < -0.4 is 5.32 Å². The molecule has 0 fully saturated rings. The van der Waals surface area contributed by atoms with E-state index >= 15 is 0 Å². The highest BCUT2D eigenvalue weighted by Crippen LogP contribution is 2.08. The van der Waals surface area contributed by atoms with E-state index < -0.39 is 0 Å². The van der Waals surface area contributed by atoms with Crippen LogP contribution in [0.25, 0.3) is 0 Å². The van der Waals surface area contributed by atoms with Crippen LogP contribution in [0, 0.1) is 0 Å². The van der Waals surface area contributed by atoms with Crippen molar-refractivity contribution >= 4 is 0 Å². The molecule has 0 bridgehead atoms. The van der Waals surface area contributed by atoms with Crippen LogP contribution in [0.2, 0.25) is 0 Å². The van der Waals surface area contributed by atoms with E-state index in [1.165, 1.54) is 12.0 Å². The van der Waals surface area contributed by atoms with Gasteiger partial charge in [-0.25, -0.2) is 0 Å². The molecular formula is C11H15N. The van der Waals surface area contributed by atoms with Gasteiger partial charge in [0.05, 0.1) is 0 Å². The van der Waals surface area contributed by atoms with Gasteiger partial charge in [-0.15, -0.1) is 0 Å². The van der Waals surface area contributed by atoms with Crippen LogP contribution in [0.15, 0.2) is 48.7 Å². The lowest BCUT2D eigenvalue weighted by Crippen LogP contribution is -2.14. The van der Waals surface area contributed by atoms with E-state index in [2.05, 4.69) is 36.7 Å². The molecule has 1 nitrogen and oxygen atoms in total. The van der Waals surface area contributed by atoms with Gasteiger partial charge in [0.1, 0.15) is 0 Å². The summed E-state index contributed by atoms with van der Waals surface area (Å²) in [7, 11) is 0. The Morgan fingerprint density at radius 3 is 3.00 bits per heavy atom. The Kier molecular flexibility index (Phi) is 3.39. The van der Waals surface area contributed by atoms with Crippen molar-refractivity contribution in [1.82, 2.24) is 5.32 Å². The number of hydrogen-bond acceptors (Lipinski definition) is 1. The molecule has 0 saturated carbocycles. The minimum absolute atomic E-state index is 0.862. The maximum Gasteiger partial charge on any atom is 0.0397 e. The van der Waals surface area contributed by atoms with Crippen molar-refractivity contribution in [3.63, 3.8) is 0 Å². The first-order chi connectivity index (χ1) is 5.83. The summed E-state index contributed by atoms with van der Waals surface area (Å²) in [5.41, 5.74) is 2.22. The van der Waals surface area contributed by atoms with E-state index in [0.29, 0.717) is 0 Å². The number of rotatable bonds is 4. The Morgan fingerprint density at radius 2 is 2.42 bits per heavy atom. The van der Waals surface area contributed by atoms with Crippen molar-refractivity contribution < 1.29 is 0 Å². The molecule has 0 aromatic rings. The molecule has 1 rings (SSSR count). The van der Waals surface area contributed by atoms with Crippen LogP contribution in [0.3, 0.4) is 0 Å². The average molecular weight is 161 g/mol. The number of nitrogens with one attached hydrogen (secondary N) is 1. The van der Waals surface area contributed by atoms with E-state index in [9.17, 15) is 0 Å². The van der Waals surface area contributed by atoms with Crippen LogP contribution in [-0.2, 0) is 0 Å². The molecule has 1 aliphatic carbocycles. The van der Waals surface area contributed by atoms with Crippen LogP contribution in [0.5, 0.6) is 0 Å². The third kappa shape index (κ3) is 2.79. The van der Waals surface area contributed by atoms with Gasteiger partial charge in [-0.05, 0) is 24.5 Å². The minimum atomic E-state index is 0.862. The summed E-state index contributed by atoms with van der Waals surface area (Å²) in [6.45, 7) is 8.26. The first-order valence-corrected chi connectivity index (χ1v) is 4.23. The van der Waals surface area contributed by atoms with E-state index in [-0.39, 0.29) is 0 Å². The quantitative estimate of drug-likeness (QED) is 0.625. The second kappa shape index (κ2) is 4.60. The molecule has 0 aliphatic heterocycles. The molecule has 0 saturated heterocycles. The molecule has 1 N–H and O–H groups in total. The summed E-state index contributed by atoms with van der Waals surface area (Å²) in [6, 6.07) is 0. The molecule has 1 heteroatoms. The maximum atomic E-state index is 3.78. The second-order valence-electron chi connectivity index (χ2n) is 2.84. The van der Waals surface area contributed by atoms with E-state index in [4.69, 9.17) is 0 Å². The highest BCUT2D eigenvalue weighted by molar-refractivity contribution is 5.25. The molecule has 0 aromatic heterocycles. The molecule has 1 aliphatic rings. The summed E-state index contributed by atoms with van der Waals surface area (Å²) in [5, 5.41) is 3.17. The average Bonchev–Trinajstić information content (AvgIpc) is 2.16. The van der Waals surface area contributed by atoms with Crippen molar-refractivity contribution in [3.05, 3.63) is 48.7 Å². The predicted octanol–water partition coefficient (Wildman–Crippen LogP) is 2.55. The Hall–Kier alpha value is -1.24. The molecule has 0 unspecified atom stereocenters. The third-order valence-corrected chi connectivity index (χ3v) is 1.84. The highest BCUT2D eigenvalue weighted by atomic mass is 14.9. The van der Waals surface area contributed by atoms with Crippen molar-refractivity contribution in [3.8, 4) is 0 Å². The van der Waals surface area contributed by atoms with Gasteiger partial charge in [-0.1, -0.05) is 31.4 Å². The van der Waals surface area contributed by atoms with Gasteiger partial charge in [-0.3, -0.25) is 0 Å². The normalized spacial score (nSPS) is 15.2. The van der Waals surface area contributed by atoms with E-state index in [0.717, 1.165) is 18.7 Å². The fraction of sp³-hybridized carbons (Fsp3) is 0.273. The second-order valence-corrected chi connectivity index (χ2v) is 2.84. The molecular weight excluding hydrogens is 146 g/mol. The van der Waals surface area contributed by atoms with E-state index in [1.54, 1.807) is 6.08 Å². The molecule has 0 aromatic carbocycles. The van der Waals surface area contributed by atoms with Crippen molar-refractivity contribution in [2.75, 3.05) is 6.54 Å². The van der Waals surface area contributed by atoms with Gasteiger partial charge >= 0.3 is 0 Å². The van der Waals surface area contributed by atoms with Gasteiger partial charge in [0.15, 0.2) is 0 Å². The van der Waals surface area contributed by atoms with Gasteiger partial charge in [-0.2, -0.15) is 0 Å². The van der Waals surface area contributed by atoms with Gasteiger partial charge < -0.3 is 5.32 Å². The van der Waals surface area contributed by atoms with Crippen LogP contribution in [-0.4, -0.2) is 6.54 Å². The topological polar surface area (TPSA) is 12.0 Å². The lowest BCUT2D eigenvalue weighted by atomic mass is 10.1. The standard InChI is InChI=1S/C11H15N/c1-3-10(2)12-9-11-7-5-4-6-8-11/h3,5,7-8,12H,1-2,4,6,9H2. The highest BCUT2D eigenvalue weighted by Gasteiger charge is 1.95. The Labute approximate surface area is 74.2 Å². The Balaban J connectivity index is 2.31. The monoisotopic (exact) mass is 161 g/mol. The third-order valence-electron chi connectivity index (χ3n) is 1.84. The van der Waals surface area contributed by atoms with Crippen LogP contribution >= 0.6 is 0 Å². The van der Waals surface area contributed by atoms with Crippen molar-refractivity contribution in [2.45, 2.75) is 12.8 Å². The van der Waals surface area contributed by atoms with Gasteiger partial charge in [0, 0.05) is 12.2 Å². The molecule has 0 atom stereocenters. The van der Waals surface area contributed by atoms with Crippen LogP contribution in [0.1, 0.15) is 12.8 Å². The number of allylic oxidation sites excluding steroid dienone is 3. The Bertz CT molecular complexity index is 233. The summed E-state index contributed by atoms with van der Waals surface area (Å²) in [4.78, 5) is 0. The predicted molar refractivity (Wildman–Crippen MR) is 53.8 cm³/mol. The lowest BCUT2D eigenvalue weighted by molar-refractivity contribution is 0.891.